The van der Waals surface area contributed by atoms with Gasteiger partial charge in [0, 0.05) is 37.2 Å². The number of rotatable bonds is 4. The molecule has 0 radical (unpaired) electrons. The topological polar surface area (TPSA) is 102 Å². The molecule has 0 fully saturated rings. The molecule has 0 unspecified atom stereocenters. The van der Waals surface area contributed by atoms with Gasteiger partial charge in [0.2, 0.25) is 0 Å². The van der Waals surface area contributed by atoms with Crippen LogP contribution in [0.1, 0.15) is 24.2 Å². The molecule has 7 heteroatoms. The first-order chi connectivity index (χ1) is 11.3. The fourth-order valence-electron chi connectivity index (χ4n) is 1.94. The second-order valence-corrected chi connectivity index (χ2v) is 4.88. The zero-order chi connectivity index (χ0) is 17.7. The second-order valence-electron chi connectivity index (χ2n) is 4.88. The molecule has 0 saturated heterocycles. The molecule has 2 N–H and O–H groups in total. The highest BCUT2D eigenvalue weighted by Gasteiger charge is 2.13. The van der Waals surface area contributed by atoms with Gasteiger partial charge in [-0.25, -0.2) is 0 Å². The van der Waals surface area contributed by atoms with Crippen molar-refractivity contribution in [3.05, 3.63) is 48.0 Å². The highest BCUT2D eigenvalue weighted by atomic mass is 16.5. The van der Waals surface area contributed by atoms with Gasteiger partial charge in [0.05, 0.1) is 0 Å². The van der Waals surface area contributed by atoms with Crippen molar-refractivity contribution < 1.29 is 29.0 Å². The number of phenolic OH excluding ortho intramolecular Hbond substituents is 1. The summed E-state index contributed by atoms with van der Waals surface area (Å²) < 4.78 is 9.89. The van der Waals surface area contributed by atoms with Crippen molar-refractivity contribution in [1.29, 1.82) is 0 Å². The molecule has 0 atom stereocenters. The number of esters is 2. The van der Waals surface area contributed by atoms with Gasteiger partial charge in [-0.3, -0.25) is 14.4 Å². The van der Waals surface area contributed by atoms with Crippen LogP contribution in [0.25, 0.3) is 0 Å². The van der Waals surface area contributed by atoms with Crippen LogP contribution in [0.15, 0.2) is 42.5 Å². The minimum atomic E-state index is -0.575. The number of ether oxygens (including phenoxy) is 2. The molecule has 0 saturated carbocycles. The maximum absolute atomic E-state index is 12.3. The standard InChI is InChI=1S/C17H15NO6/c1-10(19)23-15-6-12(7-16(9-15)24-11(2)20)17(22)18-13-4-3-5-14(21)8-13/h3-9,21H,1-2H3,(H,18,22). The number of phenols is 1. The van der Waals surface area contributed by atoms with Crippen molar-refractivity contribution in [2.24, 2.45) is 0 Å². The molecule has 124 valence electrons. The molecule has 0 aliphatic carbocycles. The molecule has 0 heterocycles. The van der Waals surface area contributed by atoms with Gasteiger partial charge in [0.15, 0.2) is 0 Å². The average Bonchev–Trinajstić information content (AvgIpc) is 2.45. The molecule has 0 aliphatic heterocycles. The van der Waals surface area contributed by atoms with Crippen molar-refractivity contribution in [2.75, 3.05) is 5.32 Å². The van der Waals surface area contributed by atoms with E-state index in [1.54, 1.807) is 12.1 Å². The van der Waals surface area contributed by atoms with E-state index in [2.05, 4.69) is 5.32 Å². The molecule has 2 aromatic carbocycles. The van der Waals surface area contributed by atoms with Gasteiger partial charge < -0.3 is 19.9 Å². The summed E-state index contributed by atoms with van der Waals surface area (Å²) in [5, 5.41) is 12.0. The molecule has 2 rings (SSSR count). The molecule has 2 aromatic rings. The quantitative estimate of drug-likeness (QED) is 0.660. The lowest BCUT2D eigenvalue weighted by atomic mass is 10.1. The Bertz CT molecular complexity index is 765. The van der Waals surface area contributed by atoms with Gasteiger partial charge in [-0.05, 0) is 24.3 Å². The fraction of sp³-hybridized carbons (Fsp3) is 0.118. The number of carbonyl (C=O) groups excluding carboxylic acids is 3. The maximum Gasteiger partial charge on any atom is 0.308 e. The summed E-state index contributed by atoms with van der Waals surface area (Å²) in [5.74, 6) is -1.53. The highest BCUT2D eigenvalue weighted by molar-refractivity contribution is 6.05. The van der Waals surface area contributed by atoms with E-state index in [0.29, 0.717) is 5.69 Å². The van der Waals surface area contributed by atoms with Crippen molar-refractivity contribution in [2.45, 2.75) is 13.8 Å². The van der Waals surface area contributed by atoms with Crippen LogP contribution in [-0.4, -0.2) is 23.0 Å². The van der Waals surface area contributed by atoms with Gasteiger partial charge in [0.25, 0.3) is 5.91 Å². The van der Waals surface area contributed by atoms with Crippen LogP contribution in [0.3, 0.4) is 0 Å². The minimum absolute atomic E-state index is 0.00191. The van der Waals surface area contributed by atoms with Gasteiger partial charge in [-0.2, -0.15) is 0 Å². The normalized spacial score (nSPS) is 9.92. The number of anilines is 1. The number of amides is 1. The van der Waals surface area contributed by atoms with Gasteiger partial charge >= 0.3 is 11.9 Å². The van der Waals surface area contributed by atoms with Crippen molar-refractivity contribution in [1.82, 2.24) is 0 Å². The molecule has 24 heavy (non-hydrogen) atoms. The fourth-order valence-corrected chi connectivity index (χ4v) is 1.94. The van der Waals surface area contributed by atoms with E-state index in [1.807, 2.05) is 0 Å². The van der Waals surface area contributed by atoms with E-state index in [1.165, 1.54) is 44.2 Å². The number of aromatic hydroxyl groups is 1. The summed E-state index contributed by atoms with van der Waals surface area (Å²) >= 11 is 0. The SMILES string of the molecule is CC(=O)Oc1cc(OC(C)=O)cc(C(=O)Nc2cccc(O)c2)c1. The minimum Gasteiger partial charge on any atom is -0.508 e. The highest BCUT2D eigenvalue weighted by Crippen LogP contribution is 2.25. The van der Waals surface area contributed by atoms with Crippen molar-refractivity contribution in [3.63, 3.8) is 0 Å². The molecule has 0 spiro atoms. The predicted octanol–water partition coefficient (Wildman–Crippen LogP) is 2.50. The zero-order valence-electron chi connectivity index (χ0n) is 13.0. The molecule has 0 aliphatic rings. The lowest BCUT2D eigenvalue weighted by Crippen LogP contribution is -2.13. The third-order valence-electron chi connectivity index (χ3n) is 2.77. The third kappa shape index (κ3) is 4.84. The molecular weight excluding hydrogens is 314 g/mol. The molecule has 1 amide bonds. The Morgan fingerprint density at radius 2 is 1.50 bits per heavy atom. The van der Waals surface area contributed by atoms with E-state index < -0.39 is 17.8 Å². The molecular formula is C17H15NO6. The smallest absolute Gasteiger partial charge is 0.308 e. The summed E-state index contributed by atoms with van der Waals surface area (Å²) in [6.07, 6.45) is 0. The van der Waals surface area contributed by atoms with Crippen LogP contribution < -0.4 is 14.8 Å². The third-order valence-corrected chi connectivity index (χ3v) is 2.77. The summed E-state index contributed by atoms with van der Waals surface area (Å²) in [6, 6.07) is 10.0. The van der Waals surface area contributed by atoms with Crippen LogP contribution in [0.5, 0.6) is 17.2 Å². The number of nitrogens with one attached hydrogen (secondary N) is 1. The van der Waals surface area contributed by atoms with Crippen molar-refractivity contribution >= 4 is 23.5 Å². The second kappa shape index (κ2) is 7.28. The van der Waals surface area contributed by atoms with Crippen molar-refractivity contribution in [3.8, 4) is 17.2 Å². The predicted molar refractivity (Wildman–Crippen MR) is 85.1 cm³/mol. The Kier molecular flexibility index (Phi) is 5.16. The number of hydrogen-bond acceptors (Lipinski definition) is 6. The van der Waals surface area contributed by atoms with Gasteiger partial charge in [-0.1, -0.05) is 6.07 Å². The summed E-state index contributed by atoms with van der Waals surface area (Å²) in [7, 11) is 0. The Morgan fingerprint density at radius 3 is 2.00 bits per heavy atom. The van der Waals surface area contributed by atoms with Gasteiger partial charge in [-0.15, -0.1) is 0 Å². The Morgan fingerprint density at radius 1 is 0.917 bits per heavy atom. The first kappa shape index (κ1) is 17.0. The van der Waals surface area contributed by atoms with E-state index in [4.69, 9.17) is 9.47 Å². The first-order valence-electron chi connectivity index (χ1n) is 6.96. The summed E-state index contributed by atoms with van der Waals surface area (Å²) in [4.78, 5) is 34.5. The van der Waals surface area contributed by atoms with E-state index >= 15 is 0 Å². The summed E-state index contributed by atoms with van der Waals surface area (Å²) in [5.41, 5.74) is 0.500. The molecule has 0 aromatic heterocycles. The Labute approximate surface area is 137 Å². The van der Waals surface area contributed by atoms with Crippen LogP contribution in [0.2, 0.25) is 0 Å². The number of carbonyl (C=O) groups is 3. The van der Waals surface area contributed by atoms with Crippen LogP contribution >= 0.6 is 0 Å². The van der Waals surface area contributed by atoms with E-state index in [-0.39, 0.29) is 22.8 Å². The molecule has 0 bridgehead atoms. The summed E-state index contributed by atoms with van der Waals surface area (Å²) in [6.45, 7) is 2.43. The van der Waals surface area contributed by atoms with Crippen LogP contribution in [0.4, 0.5) is 5.69 Å². The Hall–Kier alpha value is -3.35. The monoisotopic (exact) mass is 329 g/mol. The maximum atomic E-state index is 12.3. The number of benzene rings is 2. The van der Waals surface area contributed by atoms with E-state index in [9.17, 15) is 19.5 Å². The number of hydrogen-bond donors (Lipinski definition) is 2. The lowest BCUT2D eigenvalue weighted by Gasteiger charge is -2.10. The van der Waals surface area contributed by atoms with E-state index in [0.717, 1.165) is 0 Å². The molecule has 7 nitrogen and oxygen atoms in total. The Balaban J connectivity index is 2.30. The van der Waals surface area contributed by atoms with Crippen LogP contribution in [0, 0.1) is 0 Å². The first-order valence-corrected chi connectivity index (χ1v) is 6.96. The van der Waals surface area contributed by atoms with Gasteiger partial charge in [0.1, 0.15) is 17.2 Å². The zero-order valence-corrected chi connectivity index (χ0v) is 13.0. The largest absolute Gasteiger partial charge is 0.508 e. The van der Waals surface area contributed by atoms with Crippen LogP contribution in [-0.2, 0) is 9.59 Å². The lowest BCUT2D eigenvalue weighted by molar-refractivity contribution is -0.132. The average molecular weight is 329 g/mol.